The molecule has 0 aromatic carbocycles. The number of rotatable bonds is 7. The predicted molar refractivity (Wildman–Crippen MR) is 211 cm³/mol. The van der Waals surface area contributed by atoms with Gasteiger partial charge in [0.1, 0.15) is 24.2 Å². The van der Waals surface area contributed by atoms with Gasteiger partial charge in [0.25, 0.3) is 11.7 Å². The first-order chi connectivity index (χ1) is 27.0. The van der Waals surface area contributed by atoms with Gasteiger partial charge in [-0.05, 0) is 95.5 Å². The van der Waals surface area contributed by atoms with E-state index in [4.69, 9.17) is 18.9 Å². The summed E-state index contributed by atoms with van der Waals surface area (Å²) in [5.41, 5.74) is 1.55. The topological polar surface area (TPSA) is 186 Å². The fourth-order valence-electron chi connectivity index (χ4n) is 9.44. The van der Waals surface area contributed by atoms with Gasteiger partial charge in [-0.15, -0.1) is 6.58 Å². The van der Waals surface area contributed by atoms with Gasteiger partial charge in [-0.3, -0.25) is 14.4 Å². The predicted octanol–water partition coefficient (Wildman–Crippen LogP) is 4.44. The van der Waals surface area contributed by atoms with Gasteiger partial charge in [0.2, 0.25) is 5.79 Å². The Labute approximate surface area is 338 Å². The van der Waals surface area contributed by atoms with Gasteiger partial charge in [-0.2, -0.15) is 0 Å². The minimum atomic E-state index is -2.59. The van der Waals surface area contributed by atoms with Crippen molar-refractivity contribution in [1.29, 1.82) is 0 Å². The van der Waals surface area contributed by atoms with Crippen LogP contribution in [0.15, 0.2) is 36.0 Å². The molecule has 13 heteroatoms. The molecule has 1 aliphatic carbocycles. The first kappa shape index (κ1) is 46.6. The van der Waals surface area contributed by atoms with E-state index in [0.29, 0.717) is 56.9 Å². The number of ether oxygens (including phenoxy) is 4. The molecular formula is C44H67NO12. The van der Waals surface area contributed by atoms with E-state index in [0.717, 1.165) is 16.8 Å². The molecule has 320 valence electrons. The maximum absolute atomic E-state index is 14.3. The molecule has 3 aliphatic heterocycles. The Morgan fingerprint density at radius 2 is 1.68 bits per heavy atom. The van der Waals surface area contributed by atoms with Crippen molar-refractivity contribution < 1.29 is 58.2 Å². The third kappa shape index (κ3) is 11.2. The molecular weight excluding hydrogens is 734 g/mol. The monoisotopic (exact) mass is 801 g/mol. The lowest BCUT2D eigenvalue weighted by atomic mass is 9.78. The fraction of sp³-hybridized carbons (Fsp3) is 0.750. The number of allylic oxidation sites excluding steroid dienone is 4. The number of hydrogen-bond donors (Lipinski definition) is 3. The SMILES string of the molecule is C=CCC1/C=C(\C)C[C@H](C)C[C@H](OC)[C@H]2O[C@@](O)(C(=O)C(=O)N3CCCC[C@H]3C(=O)O[C@H](/C(C)=C/[C@@H]3CC[C@@H](O)[C@H](OC)C3)[C@H](C)[C@@H](O)CC1=O)[C@H](C)C[C@@H]2C=O. The lowest BCUT2D eigenvalue weighted by Crippen LogP contribution is -2.63. The first-order valence-electron chi connectivity index (χ1n) is 20.8. The number of ketones is 2. The van der Waals surface area contributed by atoms with Crippen LogP contribution in [0.2, 0.25) is 0 Å². The highest BCUT2D eigenvalue weighted by Crippen LogP contribution is 2.40. The number of aldehydes is 1. The molecule has 4 rings (SSSR count). The van der Waals surface area contributed by atoms with Gasteiger partial charge in [-0.25, -0.2) is 4.79 Å². The van der Waals surface area contributed by atoms with E-state index in [2.05, 4.69) is 6.58 Å². The Morgan fingerprint density at radius 1 is 0.982 bits per heavy atom. The first-order valence-corrected chi connectivity index (χ1v) is 20.8. The van der Waals surface area contributed by atoms with Gasteiger partial charge in [0.15, 0.2) is 0 Å². The molecule has 0 aromatic heterocycles. The van der Waals surface area contributed by atoms with Crippen molar-refractivity contribution in [3.8, 4) is 0 Å². The molecule has 57 heavy (non-hydrogen) atoms. The van der Waals surface area contributed by atoms with Gasteiger partial charge < -0.3 is 44.0 Å². The van der Waals surface area contributed by atoms with Crippen molar-refractivity contribution in [2.24, 2.45) is 35.5 Å². The summed E-state index contributed by atoms with van der Waals surface area (Å²) in [7, 11) is 3.02. The van der Waals surface area contributed by atoms with Gasteiger partial charge in [0.05, 0.1) is 30.5 Å². The molecule has 3 fully saturated rings. The van der Waals surface area contributed by atoms with E-state index in [1.54, 1.807) is 34.0 Å². The molecule has 13 nitrogen and oxygen atoms in total. The Hall–Kier alpha value is -3.07. The molecule has 1 unspecified atom stereocenters. The summed E-state index contributed by atoms with van der Waals surface area (Å²) < 4.78 is 23.7. The van der Waals surface area contributed by atoms with E-state index in [1.165, 1.54) is 7.11 Å². The van der Waals surface area contributed by atoms with Crippen molar-refractivity contribution in [1.82, 2.24) is 4.90 Å². The van der Waals surface area contributed by atoms with Gasteiger partial charge >= 0.3 is 5.97 Å². The second-order valence-corrected chi connectivity index (χ2v) is 17.3. The van der Waals surface area contributed by atoms with E-state index < -0.39 is 83.7 Å². The van der Waals surface area contributed by atoms with Crippen molar-refractivity contribution >= 4 is 29.7 Å². The number of Topliss-reactive ketones (excluding diaryl/α,β-unsaturated/α-hetero) is 2. The maximum Gasteiger partial charge on any atom is 0.329 e. The summed E-state index contributed by atoms with van der Waals surface area (Å²) in [6.45, 7) is 12.9. The molecule has 4 aliphatic rings. The van der Waals surface area contributed by atoms with Crippen molar-refractivity contribution in [2.45, 2.75) is 154 Å². The molecule has 0 spiro atoms. The zero-order valence-electron chi connectivity index (χ0n) is 35.0. The Balaban J connectivity index is 1.78. The summed E-state index contributed by atoms with van der Waals surface area (Å²) >= 11 is 0. The maximum atomic E-state index is 14.3. The second kappa shape index (κ2) is 20.8. The van der Waals surface area contributed by atoms with E-state index in [1.807, 2.05) is 26.0 Å². The number of aliphatic hydroxyl groups excluding tert-OH is 2. The fourth-order valence-corrected chi connectivity index (χ4v) is 9.44. The number of aliphatic hydroxyl groups is 3. The highest BCUT2D eigenvalue weighted by atomic mass is 16.7. The van der Waals surface area contributed by atoms with Crippen LogP contribution in [0.4, 0.5) is 0 Å². The Kier molecular flexibility index (Phi) is 17.0. The van der Waals surface area contributed by atoms with Crippen LogP contribution in [0.1, 0.15) is 105 Å². The van der Waals surface area contributed by atoms with Crippen LogP contribution in [0.3, 0.4) is 0 Å². The van der Waals surface area contributed by atoms with Crippen molar-refractivity contribution in [3.05, 3.63) is 36.0 Å². The zero-order chi connectivity index (χ0) is 42.2. The highest BCUT2D eigenvalue weighted by molar-refractivity contribution is 6.39. The number of piperidine rings is 1. The summed E-state index contributed by atoms with van der Waals surface area (Å²) in [5, 5.41) is 34.1. The van der Waals surface area contributed by atoms with Crippen LogP contribution in [0.25, 0.3) is 0 Å². The number of amides is 1. The number of hydrogen-bond acceptors (Lipinski definition) is 12. The molecule has 0 radical (unpaired) electrons. The van der Waals surface area contributed by atoms with Crippen molar-refractivity contribution in [2.75, 3.05) is 20.8 Å². The highest BCUT2D eigenvalue weighted by Gasteiger charge is 2.56. The summed E-state index contributed by atoms with van der Waals surface area (Å²) in [5.74, 6) is -8.95. The smallest absolute Gasteiger partial charge is 0.329 e. The number of esters is 1. The largest absolute Gasteiger partial charge is 0.456 e. The third-order valence-electron chi connectivity index (χ3n) is 12.8. The number of carbonyl (C=O) groups is 5. The number of methoxy groups -OCH3 is 2. The molecule has 1 saturated carbocycles. The molecule has 3 heterocycles. The number of carbonyl (C=O) groups excluding carboxylic acids is 5. The number of nitrogens with zero attached hydrogens (tertiary/aromatic N) is 1. The van der Waals surface area contributed by atoms with Crippen LogP contribution in [-0.4, -0.2) is 119 Å². The summed E-state index contributed by atoms with van der Waals surface area (Å²) in [6.07, 6.45) is 5.42. The minimum absolute atomic E-state index is 0.0235. The minimum Gasteiger partial charge on any atom is -0.456 e. The van der Waals surface area contributed by atoms with Crippen LogP contribution in [0.5, 0.6) is 0 Å². The summed E-state index contributed by atoms with van der Waals surface area (Å²) in [4.78, 5) is 70.0. The quantitative estimate of drug-likeness (QED) is 0.143. The molecule has 2 saturated heterocycles. The lowest BCUT2D eigenvalue weighted by Gasteiger charge is -2.46. The summed E-state index contributed by atoms with van der Waals surface area (Å²) in [6, 6.07) is -1.17. The van der Waals surface area contributed by atoms with E-state index >= 15 is 0 Å². The molecule has 2 bridgehead atoms. The zero-order valence-corrected chi connectivity index (χ0v) is 35.0. The van der Waals surface area contributed by atoms with Crippen LogP contribution < -0.4 is 0 Å². The Bertz CT molecular complexity index is 1510. The molecule has 1 amide bonds. The van der Waals surface area contributed by atoms with Gasteiger partial charge in [0, 0.05) is 50.9 Å². The normalized spacial score (nSPS) is 40.9. The van der Waals surface area contributed by atoms with Crippen LogP contribution in [-0.2, 0) is 42.9 Å². The van der Waals surface area contributed by atoms with Crippen LogP contribution >= 0.6 is 0 Å². The number of cyclic esters (lactones) is 1. The average molecular weight is 802 g/mol. The van der Waals surface area contributed by atoms with E-state index in [9.17, 15) is 39.3 Å². The number of fused-ring (bicyclic) bond motifs is 3. The standard InChI is InChI=1S/C44H67NO12/c1-9-12-31-18-25(2)17-26(3)19-38(55-8)40-32(24-46)21-28(5)44(53,57-40)41(50)42(51)45-16-11-10-13-33(45)43(52)56-39(29(6)35(48)23-36(31)49)27(4)20-30-14-15-34(47)37(22-30)54-7/h9,18,20,24,26,28-35,37-40,47-48,53H,1,10-17,19,21-23H2,2-8H3/b25-18+,27-20+/t26-,28+,29+,30-,31?,32+,33-,34+,35-,37+,38-,39+,40-,44+/m0/s1. The average Bonchev–Trinajstić information content (AvgIpc) is 3.18. The van der Waals surface area contributed by atoms with E-state index in [-0.39, 0.29) is 49.5 Å². The van der Waals surface area contributed by atoms with Crippen molar-refractivity contribution in [3.63, 3.8) is 0 Å². The Morgan fingerprint density at radius 3 is 2.33 bits per heavy atom. The van der Waals surface area contributed by atoms with Crippen LogP contribution in [0, 0.1) is 35.5 Å². The second-order valence-electron chi connectivity index (χ2n) is 17.3. The third-order valence-corrected chi connectivity index (χ3v) is 12.8. The molecule has 0 aromatic rings. The molecule has 3 N–H and O–H groups in total. The van der Waals surface area contributed by atoms with Gasteiger partial charge in [-0.1, -0.05) is 44.6 Å². The lowest BCUT2D eigenvalue weighted by molar-refractivity contribution is -0.287. The molecule has 14 atom stereocenters.